The molecular formula is C34H46N6O3. The van der Waals surface area contributed by atoms with E-state index < -0.39 is 0 Å². The average molecular weight is 587 g/mol. The van der Waals surface area contributed by atoms with Gasteiger partial charge < -0.3 is 19.9 Å². The first kappa shape index (κ1) is 30.9. The van der Waals surface area contributed by atoms with Crippen LogP contribution in [0.3, 0.4) is 0 Å². The molecule has 0 saturated carbocycles. The number of nitrogens with zero attached hydrogens (tertiary/aromatic N) is 3. The number of nitrogens with two attached hydrogens (primary N) is 1. The second kappa shape index (κ2) is 13.9. The summed E-state index contributed by atoms with van der Waals surface area (Å²) < 4.78 is 5.50. The van der Waals surface area contributed by atoms with Gasteiger partial charge in [-0.3, -0.25) is 20.3 Å². The lowest BCUT2D eigenvalue weighted by atomic mass is 9.94. The summed E-state index contributed by atoms with van der Waals surface area (Å²) in [7, 11) is 0. The number of piperidine rings is 1. The first-order chi connectivity index (χ1) is 20.7. The number of hydrogen-bond acceptors (Lipinski definition) is 7. The van der Waals surface area contributed by atoms with E-state index in [0.29, 0.717) is 17.2 Å². The van der Waals surface area contributed by atoms with Crippen molar-refractivity contribution >= 4 is 11.6 Å². The van der Waals surface area contributed by atoms with Gasteiger partial charge in [0.15, 0.2) is 0 Å². The lowest BCUT2D eigenvalue weighted by Crippen LogP contribution is -2.47. The Balaban J connectivity index is 1.46. The molecule has 230 valence electrons. The molecule has 3 heterocycles. The number of aromatic nitrogens is 1. The number of hydrazine groups is 1. The topological polar surface area (TPSA) is 107 Å². The van der Waals surface area contributed by atoms with Crippen LogP contribution in [0.15, 0.2) is 47.3 Å². The van der Waals surface area contributed by atoms with Crippen LogP contribution < -0.4 is 21.6 Å². The van der Waals surface area contributed by atoms with Crippen LogP contribution >= 0.6 is 0 Å². The molecule has 3 aromatic rings. The smallest absolute Gasteiger partial charge is 0.253 e. The number of benzene rings is 2. The minimum Gasteiger partial charge on any atom is -0.379 e. The molecule has 1 aromatic heterocycles. The maximum atomic E-state index is 13.8. The molecule has 0 radical (unpaired) electrons. The van der Waals surface area contributed by atoms with Gasteiger partial charge in [-0.05, 0) is 86.6 Å². The molecule has 0 bridgehead atoms. The Morgan fingerprint density at radius 3 is 2.37 bits per heavy atom. The summed E-state index contributed by atoms with van der Waals surface area (Å²) in [4.78, 5) is 34.1. The third-order valence-corrected chi connectivity index (χ3v) is 8.93. The standard InChI is InChI=1S/C34H46N6O3/c1-5-40(29-10-12-39(35)13-11-29)32-20-28(27-8-6-26(7-9-27)22-38-14-16-43-17-15-38)19-30(25(32)4)33(41)36-21-31-23(2)18-24(3)37-34(31)42/h6-9,18-20,29H,5,10-17,21-22,35H2,1-4H3,(H,36,41)(H,37,42). The number of pyridine rings is 1. The molecule has 0 aliphatic carbocycles. The van der Waals surface area contributed by atoms with Crippen molar-refractivity contribution in [2.75, 3.05) is 50.8 Å². The Kier molecular flexibility index (Phi) is 9.97. The molecule has 0 spiro atoms. The highest BCUT2D eigenvalue weighted by molar-refractivity contribution is 5.99. The van der Waals surface area contributed by atoms with E-state index in [0.717, 1.165) is 99.0 Å². The fraction of sp³-hybridized carbons (Fsp3) is 0.471. The van der Waals surface area contributed by atoms with Crippen molar-refractivity contribution in [1.29, 1.82) is 0 Å². The van der Waals surface area contributed by atoms with Crippen LogP contribution in [0, 0.1) is 20.8 Å². The van der Waals surface area contributed by atoms with Gasteiger partial charge in [0.25, 0.3) is 11.5 Å². The average Bonchev–Trinajstić information content (AvgIpc) is 2.99. The number of hydrogen-bond donors (Lipinski definition) is 3. The highest BCUT2D eigenvalue weighted by Gasteiger charge is 2.26. The van der Waals surface area contributed by atoms with Crippen molar-refractivity contribution in [2.24, 2.45) is 5.84 Å². The van der Waals surface area contributed by atoms with Crippen molar-refractivity contribution < 1.29 is 9.53 Å². The van der Waals surface area contributed by atoms with E-state index in [9.17, 15) is 9.59 Å². The lowest BCUT2D eigenvalue weighted by molar-refractivity contribution is 0.0342. The molecular weight excluding hydrogens is 540 g/mol. The number of aryl methyl sites for hydroxylation is 2. The monoisotopic (exact) mass is 586 g/mol. The van der Waals surface area contributed by atoms with Gasteiger partial charge in [0.2, 0.25) is 0 Å². The zero-order valence-electron chi connectivity index (χ0n) is 26.0. The van der Waals surface area contributed by atoms with Crippen molar-refractivity contribution in [3.8, 4) is 11.1 Å². The van der Waals surface area contributed by atoms with Crippen LogP contribution in [0.4, 0.5) is 5.69 Å². The van der Waals surface area contributed by atoms with Crippen molar-refractivity contribution in [3.63, 3.8) is 0 Å². The van der Waals surface area contributed by atoms with E-state index in [1.165, 1.54) is 5.56 Å². The van der Waals surface area contributed by atoms with Crippen LogP contribution in [0.25, 0.3) is 11.1 Å². The van der Waals surface area contributed by atoms with E-state index in [2.05, 4.69) is 57.4 Å². The van der Waals surface area contributed by atoms with E-state index in [4.69, 9.17) is 10.6 Å². The molecule has 2 saturated heterocycles. The number of carbonyl (C=O) groups excluding carboxylic acids is 1. The van der Waals surface area contributed by atoms with Gasteiger partial charge in [0, 0.05) is 74.4 Å². The molecule has 9 heteroatoms. The van der Waals surface area contributed by atoms with Crippen LogP contribution in [0.5, 0.6) is 0 Å². The second-order valence-corrected chi connectivity index (χ2v) is 11.9. The van der Waals surface area contributed by atoms with E-state index in [1.54, 1.807) is 0 Å². The van der Waals surface area contributed by atoms with Crippen LogP contribution in [-0.4, -0.2) is 72.8 Å². The van der Waals surface area contributed by atoms with E-state index in [-0.39, 0.29) is 18.0 Å². The molecule has 0 unspecified atom stereocenters. The maximum absolute atomic E-state index is 13.8. The normalized spacial score (nSPS) is 16.8. The molecule has 2 fully saturated rings. The molecule has 9 nitrogen and oxygen atoms in total. The third kappa shape index (κ3) is 7.36. The van der Waals surface area contributed by atoms with Gasteiger partial charge in [-0.1, -0.05) is 24.3 Å². The number of carbonyl (C=O) groups is 1. The fourth-order valence-corrected chi connectivity index (χ4v) is 6.41. The van der Waals surface area contributed by atoms with Crippen LogP contribution in [0.2, 0.25) is 0 Å². The maximum Gasteiger partial charge on any atom is 0.253 e. The van der Waals surface area contributed by atoms with Gasteiger partial charge in [-0.15, -0.1) is 0 Å². The Bertz CT molecular complexity index is 1470. The molecule has 4 N–H and O–H groups in total. The second-order valence-electron chi connectivity index (χ2n) is 11.9. The van der Waals surface area contributed by atoms with Gasteiger partial charge in [0.1, 0.15) is 0 Å². The zero-order chi connectivity index (χ0) is 30.5. The number of nitrogens with one attached hydrogen (secondary N) is 2. The number of morpholine rings is 1. The number of anilines is 1. The van der Waals surface area contributed by atoms with Crippen molar-refractivity contribution in [2.45, 2.75) is 59.7 Å². The Hall–Kier alpha value is -3.50. The van der Waals surface area contributed by atoms with E-state index >= 15 is 0 Å². The first-order valence-electron chi connectivity index (χ1n) is 15.5. The number of H-pyrrole nitrogens is 1. The zero-order valence-corrected chi connectivity index (χ0v) is 26.0. The summed E-state index contributed by atoms with van der Waals surface area (Å²) in [6.07, 6.45) is 1.95. The summed E-state index contributed by atoms with van der Waals surface area (Å²) in [6.45, 7) is 15.0. The minimum atomic E-state index is -0.184. The number of aromatic amines is 1. The van der Waals surface area contributed by atoms with Gasteiger partial charge in [-0.25, -0.2) is 5.01 Å². The largest absolute Gasteiger partial charge is 0.379 e. The molecule has 2 aromatic carbocycles. The summed E-state index contributed by atoms with van der Waals surface area (Å²) in [5.41, 5.74) is 8.06. The van der Waals surface area contributed by atoms with Crippen LogP contribution in [-0.2, 0) is 17.8 Å². The third-order valence-electron chi connectivity index (χ3n) is 8.93. The molecule has 5 rings (SSSR count). The summed E-state index contributed by atoms with van der Waals surface area (Å²) in [5.74, 6) is 5.90. The van der Waals surface area contributed by atoms with Gasteiger partial charge in [0.05, 0.1) is 13.2 Å². The Morgan fingerprint density at radius 1 is 1.02 bits per heavy atom. The summed E-state index contributed by atoms with van der Waals surface area (Å²) >= 11 is 0. The van der Waals surface area contributed by atoms with Gasteiger partial charge >= 0.3 is 0 Å². The highest BCUT2D eigenvalue weighted by atomic mass is 16.5. The number of ether oxygens (including phenoxy) is 1. The lowest BCUT2D eigenvalue weighted by Gasteiger charge is -2.39. The van der Waals surface area contributed by atoms with E-state index in [1.807, 2.05) is 37.9 Å². The minimum absolute atomic E-state index is 0.162. The van der Waals surface area contributed by atoms with Crippen molar-refractivity contribution in [3.05, 3.63) is 86.3 Å². The van der Waals surface area contributed by atoms with Crippen LogP contribution in [0.1, 0.15) is 58.1 Å². The SMILES string of the molecule is CCN(c1cc(-c2ccc(CN3CCOCC3)cc2)cc(C(=O)NCc2c(C)cc(C)[nH]c2=O)c1C)C1CCN(N)CC1. The molecule has 2 aliphatic rings. The quantitative estimate of drug-likeness (QED) is 0.327. The fourth-order valence-electron chi connectivity index (χ4n) is 6.41. The highest BCUT2D eigenvalue weighted by Crippen LogP contribution is 2.34. The Labute approximate surface area is 255 Å². The Morgan fingerprint density at radius 2 is 1.72 bits per heavy atom. The molecule has 43 heavy (non-hydrogen) atoms. The van der Waals surface area contributed by atoms with Crippen molar-refractivity contribution in [1.82, 2.24) is 20.2 Å². The molecule has 0 atom stereocenters. The molecule has 2 aliphatic heterocycles. The predicted molar refractivity (Wildman–Crippen MR) is 172 cm³/mol. The molecule has 1 amide bonds. The predicted octanol–water partition coefficient (Wildman–Crippen LogP) is 3.89. The number of rotatable bonds is 9. The van der Waals surface area contributed by atoms with Gasteiger partial charge in [-0.2, -0.15) is 0 Å². The first-order valence-corrected chi connectivity index (χ1v) is 15.5. The number of amides is 1. The summed E-state index contributed by atoms with van der Waals surface area (Å²) in [6, 6.07) is 15.2. The summed E-state index contributed by atoms with van der Waals surface area (Å²) in [5, 5.41) is 4.93.